The summed E-state index contributed by atoms with van der Waals surface area (Å²) in [6.07, 6.45) is 3.67. The van der Waals surface area contributed by atoms with Gasteiger partial charge in [-0.25, -0.2) is 0 Å². The van der Waals surface area contributed by atoms with E-state index < -0.39 is 0 Å². The summed E-state index contributed by atoms with van der Waals surface area (Å²) < 4.78 is 0. The number of nitrogens with zero attached hydrogens (tertiary/aromatic N) is 1. The first kappa shape index (κ1) is 12.2. The van der Waals surface area contributed by atoms with E-state index in [0.717, 1.165) is 17.1 Å². The second-order valence-electron chi connectivity index (χ2n) is 3.42. The molecule has 0 radical (unpaired) electrons. The maximum Gasteiger partial charge on any atom is 0.0549 e. The maximum atomic E-state index is 4.16. The van der Waals surface area contributed by atoms with Gasteiger partial charge in [-0.2, -0.15) is 11.8 Å². The molecule has 0 saturated carbocycles. The molecule has 0 fully saturated rings. The summed E-state index contributed by atoms with van der Waals surface area (Å²) in [5.41, 5.74) is 2.11. The highest BCUT2D eigenvalue weighted by atomic mass is 32.2. The topological polar surface area (TPSA) is 37.0 Å². The molecule has 0 aliphatic heterocycles. The molecule has 1 unspecified atom stereocenters. The number of thioether (sulfide) groups is 1. The highest BCUT2D eigenvalue weighted by Gasteiger charge is 2.02. The van der Waals surface area contributed by atoms with E-state index in [2.05, 4.69) is 35.5 Å². The number of aromatic nitrogens is 1. The number of rotatable bonds is 6. The molecule has 0 amide bonds. The first-order valence-electron chi connectivity index (χ1n) is 5.23. The van der Waals surface area contributed by atoms with Crippen LogP contribution in [-0.2, 0) is 0 Å². The minimum atomic E-state index is 0.476. The van der Waals surface area contributed by atoms with Crippen molar-refractivity contribution in [3.63, 3.8) is 0 Å². The van der Waals surface area contributed by atoms with Crippen LogP contribution in [0.15, 0.2) is 18.5 Å². The molecule has 0 aliphatic carbocycles. The molecule has 4 heteroatoms. The van der Waals surface area contributed by atoms with E-state index in [9.17, 15) is 0 Å². The van der Waals surface area contributed by atoms with Gasteiger partial charge in [0.05, 0.1) is 23.8 Å². The van der Waals surface area contributed by atoms with Crippen molar-refractivity contribution in [1.29, 1.82) is 0 Å². The summed E-state index contributed by atoms with van der Waals surface area (Å²) in [7, 11) is 1.90. The van der Waals surface area contributed by atoms with Gasteiger partial charge in [0.25, 0.3) is 0 Å². The lowest BCUT2D eigenvalue weighted by molar-refractivity contribution is 0.911. The predicted octanol–water partition coefficient (Wildman–Crippen LogP) is 2.68. The fourth-order valence-electron chi connectivity index (χ4n) is 1.28. The van der Waals surface area contributed by atoms with Crippen molar-refractivity contribution >= 4 is 23.1 Å². The van der Waals surface area contributed by atoms with Gasteiger partial charge < -0.3 is 10.6 Å². The third-order valence-electron chi connectivity index (χ3n) is 2.01. The number of nitrogens with one attached hydrogen (secondary N) is 2. The predicted molar refractivity (Wildman–Crippen MR) is 69.9 cm³/mol. The van der Waals surface area contributed by atoms with Gasteiger partial charge in [-0.15, -0.1) is 0 Å². The summed E-state index contributed by atoms with van der Waals surface area (Å²) in [5.74, 6) is 2.29. The van der Waals surface area contributed by atoms with Gasteiger partial charge in [0.15, 0.2) is 0 Å². The van der Waals surface area contributed by atoms with Gasteiger partial charge in [-0.3, -0.25) is 4.98 Å². The molecule has 0 saturated heterocycles. The number of pyridine rings is 1. The van der Waals surface area contributed by atoms with Crippen LogP contribution in [0.1, 0.15) is 13.8 Å². The highest BCUT2D eigenvalue weighted by Crippen LogP contribution is 2.14. The van der Waals surface area contributed by atoms with Crippen LogP contribution in [0, 0.1) is 0 Å². The quantitative estimate of drug-likeness (QED) is 0.780. The van der Waals surface area contributed by atoms with E-state index in [1.54, 1.807) is 0 Å². The standard InChI is InChI=1S/C11H19N3S/c1-4-15-8-9(2)14-11-5-10(12-3)6-13-7-11/h5-7,9,12,14H,4,8H2,1-3H3. The molecule has 1 aromatic heterocycles. The Morgan fingerprint density at radius 1 is 1.40 bits per heavy atom. The molecule has 84 valence electrons. The Bertz CT molecular complexity index is 291. The third kappa shape index (κ3) is 4.42. The van der Waals surface area contributed by atoms with Crippen LogP contribution in [0.3, 0.4) is 0 Å². The Kier molecular flexibility index (Phi) is 5.32. The Hall–Kier alpha value is -0.900. The largest absolute Gasteiger partial charge is 0.387 e. The second-order valence-corrected chi connectivity index (χ2v) is 4.74. The van der Waals surface area contributed by atoms with E-state index in [0.29, 0.717) is 6.04 Å². The molecule has 3 nitrogen and oxygen atoms in total. The van der Waals surface area contributed by atoms with Gasteiger partial charge in [0.1, 0.15) is 0 Å². The molecule has 0 bridgehead atoms. The molecule has 0 aromatic carbocycles. The SMILES string of the molecule is CCSCC(C)Nc1cncc(NC)c1. The minimum Gasteiger partial charge on any atom is -0.387 e. The first-order valence-corrected chi connectivity index (χ1v) is 6.38. The molecule has 2 N–H and O–H groups in total. The molecule has 0 aliphatic rings. The molecular formula is C11H19N3S. The van der Waals surface area contributed by atoms with Crippen molar-refractivity contribution in [2.45, 2.75) is 19.9 Å². The Morgan fingerprint density at radius 2 is 2.13 bits per heavy atom. The normalized spacial score (nSPS) is 12.2. The van der Waals surface area contributed by atoms with Crippen molar-refractivity contribution < 1.29 is 0 Å². The average Bonchev–Trinajstić information content (AvgIpc) is 2.26. The van der Waals surface area contributed by atoms with E-state index in [1.807, 2.05) is 31.2 Å². The minimum absolute atomic E-state index is 0.476. The van der Waals surface area contributed by atoms with Crippen molar-refractivity contribution in [3.8, 4) is 0 Å². The number of hydrogen-bond donors (Lipinski definition) is 2. The van der Waals surface area contributed by atoms with Gasteiger partial charge in [-0.05, 0) is 18.7 Å². The molecule has 0 spiro atoms. The van der Waals surface area contributed by atoms with Crippen LogP contribution >= 0.6 is 11.8 Å². The third-order valence-corrected chi connectivity index (χ3v) is 3.16. The van der Waals surface area contributed by atoms with E-state index in [4.69, 9.17) is 0 Å². The fourth-order valence-corrected chi connectivity index (χ4v) is 1.95. The van der Waals surface area contributed by atoms with E-state index >= 15 is 0 Å². The van der Waals surface area contributed by atoms with Crippen molar-refractivity contribution in [2.75, 3.05) is 29.2 Å². The van der Waals surface area contributed by atoms with Crippen LogP contribution in [-0.4, -0.2) is 29.6 Å². The Labute approximate surface area is 96.1 Å². The fraction of sp³-hybridized carbons (Fsp3) is 0.545. The summed E-state index contributed by atoms with van der Waals surface area (Å²) in [6, 6.07) is 2.55. The first-order chi connectivity index (χ1) is 7.26. The highest BCUT2D eigenvalue weighted by molar-refractivity contribution is 7.99. The van der Waals surface area contributed by atoms with Crippen LogP contribution in [0.4, 0.5) is 11.4 Å². The lowest BCUT2D eigenvalue weighted by atomic mass is 10.3. The zero-order chi connectivity index (χ0) is 11.1. The molecule has 1 atom stereocenters. The summed E-state index contributed by atoms with van der Waals surface area (Å²) in [6.45, 7) is 4.37. The van der Waals surface area contributed by atoms with Crippen LogP contribution in [0.25, 0.3) is 0 Å². The summed E-state index contributed by atoms with van der Waals surface area (Å²) in [5, 5.41) is 6.50. The van der Waals surface area contributed by atoms with E-state index in [1.165, 1.54) is 5.75 Å². The van der Waals surface area contributed by atoms with Crippen molar-refractivity contribution in [1.82, 2.24) is 4.98 Å². The van der Waals surface area contributed by atoms with Gasteiger partial charge >= 0.3 is 0 Å². The smallest absolute Gasteiger partial charge is 0.0549 e. The monoisotopic (exact) mass is 225 g/mol. The molecule has 1 aromatic rings. The molecule has 1 heterocycles. The average molecular weight is 225 g/mol. The van der Waals surface area contributed by atoms with E-state index in [-0.39, 0.29) is 0 Å². The molecular weight excluding hydrogens is 206 g/mol. The Morgan fingerprint density at radius 3 is 2.80 bits per heavy atom. The zero-order valence-corrected chi connectivity index (χ0v) is 10.4. The Balaban J connectivity index is 2.48. The second kappa shape index (κ2) is 6.56. The number of hydrogen-bond acceptors (Lipinski definition) is 4. The van der Waals surface area contributed by atoms with Crippen molar-refractivity contribution in [3.05, 3.63) is 18.5 Å². The summed E-state index contributed by atoms with van der Waals surface area (Å²) >= 11 is 1.95. The van der Waals surface area contributed by atoms with Crippen LogP contribution in [0.5, 0.6) is 0 Å². The lowest BCUT2D eigenvalue weighted by Crippen LogP contribution is -2.18. The molecule has 1 rings (SSSR count). The van der Waals surface area contributed by atoms with Crippen LogP contribution in [0.2, 0.25) is 0 Å². The maximum absolute atomic E-state index is 4.16. The molecule has 15 heavy (non-hydrogen) atoms. The van der Waals surface area contributed by atoms with Gasteiger partial charge in [0.2, 0.25) is 0 Å². The summed E-state index contributed by atoms with van der Waals surface area (Å²) in [4.78, 5) is 4.16. The lowest BCUT2D eigenvalue weighted by Gasteiger charge is -2.14. The van der Waals surface area contributed by atoms with Crippen molar-refractivity contribution in [2.24, 2.45) is 0 Å². The van der Waals surface area contributed by atoms with Crippen LogP contribution < -0.4 is 10.6 Å². The van der Waals surface area contributed by atoms with Gasteiger partial charge in [0, 0.05) is 18.8 Å². The van der Waals surface area contributed by atoms with Gasteiger partial charge in [-0.1, -0.05) is 6.92 Å². The number of anilines is 2. The zero-order valence-electron chi connectivity index (χ0n) is 9.58.